The highest BCUT2D eigenvalue weighted by molar-refractivity contribution is 7.89. The number of sulfonamides is 1. The van der Waals surface area contributed by atoms with Crippen LogP contribution in [0.5, 0.6) is 0 Å². The first kappa shape index (κ1) is 19.7. The van der Waals surface area contributed by atoms with Crippen molar-refractivity contribution in [1.29, 1.82) is 0 Å². The maximum atomic E-state index is 13.0. The van der Waals surface area contributed by atoms with E-state index in [0.717, 1.165) is 46.8 Å². The van der Waals surface area contributed by atoms with Crippen LogP contribution in [-0.4, -0.2) is 35.6 Å². The summed E-state index contributed by atoms with van der Waals surface area (Å²) in [6.45, 7) is 4.91. The van der Waals surface area contributed by atoms with Gasteiger partial charge in [-0.1, -0.05) is 18.6 Å². The van der Waals surface area contributed by atoms with E-state index in [1.165, 1.54) is 0 Å². The predicted octanol–water partition coefficient (Wildman–Crippen LogP) is 2.93. The highest BCUT2D eigenvalue weighted by atomic mass is 32.2. The van der Waals surface area contributed by atoms with Crippen LogP contribution in [0.4, 0.5) is 5.69 Å². The third-order valence-electron chi connectivity index (χ3n) is 4.54. The average molecular weight is 364 g/mol. The summed E-state index contributed by atoms with van der Waals surface area (Å²) in [6, 6.07) is 7.87. The van der Waals surface area contributed by atoms with Gasteiger partial charge in [-0.3, -0.25) is 0 Å². The lowest BCUT2D eigenvalue weighted by Gasteiger charge is -2.20. The maximum Gasteiger partial charge on any atom is 0.241 e. The van der Waals surface area contributed by atoms with Gasteiger partial charge in [0.15, 0.2) is 0 Å². The third kappa shape index (κ3) is 4.32. The van der Waals surface area contributed by atoms with Crippen LogP contribution in [0.25, 0.3) is 10.8 Å². The number of nitrogens with one attached hydrogen (secondary N) is 1. The first-order chi connectivity index (χ1) is 11.8. The Kier molecular flexibility index (Phi) is 6.43. The van der Waals surface area contributed by atoms with E-state index in [1.807, 2.05) is 51.0 Å². The zero-order valence-corrected chi connectivity index (χ0v) is 16.4. The molecule has 2 aromatic rings. The summed E-state index contributed by atoms with van der Waals surface area (Å²) >= 11 is 0. The summed E-state index contributed by atoms with van der Waals surface area (Å²) in [4.78, 5) is 2.40. The van der Waals surface area contributed by atoms with Crippen molar-refractivity contribution in [2.75, 3.05) is 32.1 Å². The van der Waals surface area contributed by atoms with Crippen molar-refractivity contribution in [2.45, 2.75) is 38.0 Å². The molecule has 2 rings (SSSR count). The molecule has 138 valence electrons. The van der Waals surface area contributed by atoms with Crippen molar-refractivity contribution >= 4 is 26.5 Å². The SMILES string of the molecule is Cc1cc2c(N(C)C)cccc2c(S(=O)(=O)NCCCCCN)c1C. The first-order valence-electron chi connectivity index (χ1n) is 8.69. The van der Waals surface area contributed by atoms with E-state index in [-0.39, 0.29) is 0 Å². The molecule has 0 unspecified atom stereocenters. The molecule has 0 saturated carbocycles. The zero-order chi connectivity index (χ0) is 18.6. The Balaban J connectivity index is 2.49. The Morgan fingerprint density at radius 1 is 1.08 bits per heavy atom. The summed E-state index contributed by atoms with van der Waals surface area (Å²) in [6.07, 6.45) is 2.64. The lowest BCUT2D eigenvalue weighted by molar-refractivity contribution is 0.575. The van der Waals surface area contributed by atoms with Crippen LogP contribution < -0.4 is 15.4 Å². The summed E-state index contributed by atoms with van der Waals surface area (Å²) in [5.41, 5.74) is 8.28. The number of nitrogens with zero attached hydrogens (tertiary/aromatic N) is 1. The topological polar surface area (TPSA) is 75.4 Å². The van der Waals surface area contributed by atoms with Gasteiger partial charge in [-0.15, -0.1) is 0 Å². The number of aryl methyl sites for hydroxylation is 1. The molecule has 25 heavy (non-hydrogen) atoms. The minimum Gasteiger partial charge on any atom is -0.377 e. The molecule has 0 aliphatic heterocycles. The highest BCUT2D eigenvalue weighted by Crippen LogP contribution is 2.34. The molecule has 0 aliphatic rings. The van der Waals surface area contributed by atoms with Crippen LogP contribution in [0.2, 0.25) is 0 Å². The van der Waals surface area contributed by atoms with Gasteiger partial charge in [-0.25, -0.2) is 13.1 Å². The van der Waals surface area contributed by atoms with E-state index in [4.69, 9.17) is 5.73 Å². The Morgan fingerprint density at radius 3 is 2.44 bits per heavy atom. The smallest absolute Gasteiger partial charge is 0.241 e. The second-order valence-corrected chi connectivity index (χ2v) is 8.37. The van der Waals surface area contributed by atoms with Gasteiger partial charge in [-0.2, -0.15) is 0 Å². The molecule has 0 radical (unpaired) electrons. The second-order valence-electron chi connectivity index (χ2n) is 6.66. The largest absolute Gasteiger partial charge is 0.377 e. The molecule has 0 amide bonds. The van der Waals surface area contributed by atoms with Crippen LogP contribution in [0, 0.1) is 13.8 Å². The van der Waals surface area contributed by atoms with Crippen LogP contribution >= 0.6 is 0 Å². The van der Waals surface area contributed by atoms with Gasteiger partial charge in [0.05, 0.1) is 4.90 Å². The van der Waals surface area contributed by atoms with Crippen LogP contribution in [0.3, 0.4) is 0 Å². The maximum absolute atomic E-state index is 13.0. The van der Waals surface area contributed by atoms with Gasteiger partial charge >= 0.3 is 0 Å². The Labute approximate surface area is 151 Å². The number of benzene rings is 2. The van der Waals surface area contributed by atoms with Gasteiger partial charge in [0, 0.05) is 37.1 Å². The summed E-state index contributed by atoms with van der Waals surface area (Å²) in [7, 11) is 0.363. The van der Waals surface area contributed by atoms with E-state index in [9.17, 15) is 8.42 Å². The summed E-state index contributed by atoms with van der Waals surface area (Å²) in [5, 5.41) is 1.72. The molecule has 2 aromatic carbocycles. The van der Waals surface area contributed by atoms with E-state index < -0.39 is 10.0 Å². The summed E-state index contributed by atoms with van der Waals surface area (Å²) < 4.78 is 28.7. The monoisotopic (exact) mass is 363 g/mol. The third-order valence-corrected chi connectivity index (χ3v) is 6.19. The molecule has 0 aromatic heterocycles. The molecular formula is C19H29N3O2S. The molecule has 0 atom stereocenters. The van der Waals surface area contributed by atoms with Gasteiger partial charge in [0.2, 0.25) is 10.0 Å². The lowest BCUT2D eigenvalue weighted by Crippen LogP contribution is -2.26. The van der Waals surface area contributed by atoms with Crippen molar-refractivity contribution in [2.24, 2.45) is 5.73 Å². The highest BCUT2D eigenvalue weighted by Gasteiger charge is 2.22. The molecule has 0 heterocycles. The first-order valence-corrected chi connectivity index (χ1v) is 10.2. The fourth-order valence-electron chi connectivity index (χ4n) is 3.07. The minimum atomic E-state index is -3.57. The number of hydrogen-bond donors (Lipinski definition) is 2. The predicted molar refractivity (Wildman–Crippen MR) is 106 cm³/mol. The van der Waals surface area contributed by atoms with Gasteiger partial charge in [-0.05, 0) is 56.5 Å². The van der Waals surface area contributed by atoms with Crippen molar-refractivity contribution in [1.82, 2.24) is 4.72 Å². The van der Waals surface area contributed by atoms with Crippen LogP contribution in [0.1, 0.15) is 30.4 Å². The molecule has 6 heteroatoms. The molecule has 0 spiro atoms. The van der Waals surface area contributed by atoms with Crippen molar-refractivity contribution < 1.29 is 8.42 Å². The zero-order valence-electron chi connectivity index (χ0n) is 15.6. The fraction of sp³-hybridized carbons (Fsp3) is 0.474. The molecule has 0 saturated heterocycles. The Bertz CT molecular complexity index is 845. The van der Waals surface area contributed by atoms with Crippen LogP contribution in [-0.2, 0) is 10.0 Å². The second kappa shape index (κ2) is 8.17. The fourth-order valence-corrected chi connectivity index (χ4v) is 4.66. The molecular weight excluding hydrogens is 334 g/mol. The molecule has 0 bridgehead atoms. The standard InChI is InChI=1S/C19H29N3O2S/c1-14-13-17-16(9-8-10-18(17)22(3)4)19(15(14)2)25(23,24)21-12-7-5-6-11-20/h8-10,13,21H,5-7,11-12,20H2,1-4H3. The average Bonchev–Trinajstić information content (AvgIpc) is 2.54. The van der Waals surface area contributed by atoms with Crippen molar-refractivity contribution in [3.05, 3.63) is 35.4 Å². The molecule has 3 N–H and O–H groups in total. The normalized spacial score (nSPS) is 11.9. The molecule has 0 aliphatic carbocycles. The molecule has 5 nitrogen and oxygen atoms in total. The number of unbranched alkanes of at least 4 members (excludes halogenated alkanes) is 2. The van der Waals surface area contributed by atoms with Crippen molar-refractivity contribution in [3.63, 3.8) is 0 Å². The van der Waals surface area contributed by atoms with Gasteiger partial charge < -0.3 is 10.6 Å². The molecule has 0 fully saturated rings. The Hall–Kier alpha value is -1.63. The minimum absolute atomic E-state index is 0.394. The summed E-state index contributed by atoms with van der Waals surface area (Å²) in [5.74, 6) is 0. The van der Waals surface area contributed by atoms with E-state index in [2.05, 4.69) is 10.8 Å². The lowest BCUT2D eigenvalue weighted by atomic mass is 10.0. The number of hydrogen-bond acceptors (Lipinski definition) is 4. The van der Waals surface area contributed by atoms with Crippen LogP contribution in [0.15, 0.2) is 29.2 Å². The quantitative estimate of drug-likeness (QED) is 0.707. The Morgan fingerprint density at radius 2 is 1.80 bits per heavy atom. The number of anilines is 1. The van der Waals surface area contributed by atoms with Gasteiger partial charge in [0.1, 0.15) is 0 Å². The number of rotatable bonds is 8. The van der Waals surface area contributed by atoms with E-state index >= 15 is 0 Å². The van der Waals surface area contributed by atoms with E-state index in [0.29, 0.717) is 18.0 Å². The number of fused-ring (bicyclic) bond motifs is 1. The van der Waals surface area contributed by atoms with E-state index in [1.54, 1.807) is 0 Å². The van der Waals surface area contributed by atoms with Crippen molar-refractivity contribution in [3.8, 4) is 0 Å². The van der Waals surface area contributed by atoms with Gasteiger partial charge in [0.25, 0.3) is 0 Å². The number of nitrogens with two attached hydrogens (primary N) is 1.